The first-order valence-corrected chi connectivity index (χ1v) is 10.3. The van der Waals surface area contributed by atoms with Gasteiger partial charge in [0, 0.05) is 16.7 Å². The van der Waals surface area contributed by atoms with Gasteiger partial charge in [-0.15, -0.1) is 0 Å². The van der Waals surface area contributed by atoms with Crippen LogP contribution in [-0.2, 0) is 4.57 Å². The Morgan fingerprint density at radius 2 is 1.35 bits per heavy atom. The van der Waals surface area contributed by atoms with Gasteiger partial charge in [0.25, 0.3) is 0 Å². The van der Waals surface area contributed by atoms with E-state index < -0.39 is 7.29 Å². The van der Waals surface area contributed by atoms with Gasteiger partial charge < -0.3 is 0 Å². The van der Waals surface area contributed by atoms with Crippen LogP contribution in [0.3, 0.4) is 0 Å². The predicted molar refractivity (Wildman–Crippen MR) is 98.9 cm³/mol. The van der Waals surface area contributed by atoms with Crippen LogP contribution in [0.1, 0.15) is 33.1 Å². The summed E-state index contributed by atoms with van der Waals surface area (Å²) in [6.45, 7) is 4.64. The van der Waals surface area contributed by atoms with E-state index in [2.05, 4.69) is 18.9 Å². The minimum absolute atomic E-state index is 0.326. The fourth-order valence-corrected chi connectivity index (χ4v) is 6.02. The monoisotopic (exact) mass is 327 g/mol. The molecule has 3 heteroatoms. The van der Waals surface area contributed by atoms with Crippen molar-refractivity contribution in [3.8, 4) is 0 Å². The summed E-state index contributed by atoms with van der Waals surface area (Å²) in [6.07, 6.45) is 3.42. The third kappa shape index (κ3) is 3.59. The highest BCUT2D eigenvalue weighted by Gasteiger charge is 2.33. The molecule has 1 fully saturated rings. The Bertz CT molecular complexity index is 627. The number of hydrogen-bond donors (Lipinski definition) is 1. The van der Waals surface area contributed by atoms with Crippen molar-refractivity contribution in [3.05, 3.63) is 60.7 Å². The normalized spacial score (nSPS) is 25.2. The van der Waals surface area contributed by atoms with Crippen LogP contribution in [0.4, 0.5) is 0 Å². The van der Waals surface area contributed by atoms with Gasteiger partial charge >= 0.3 is 0 Å². The smallest absolute Gasteiger partial charge is 0.204 e. The molecule has 1 N–H and O–H groups in total. The quantitative estimate of drug-likeness (QED) is 0.847. The molecule has 1 aliphatic carbocycles. The first-order valence-electron chi connectivity index (χ1n) is 8.58. The molecule has 1 saturated carbocycles. The first kappa shape index (κ1) is 16.5. The molecule has 122 valence electrons. The van der Waals surface area contributed by atoms with Gasteiger partial charge in [-0.3, -0.25) is 9.65 Å². The standard InChI is InChI=1S/C20H26NOP/c1-16-13-14-18(15-17(16)2)21-23(22,19-9-5-3-6-10-19)20-11-7-4-8-12-20/h3-12,16-18H,13-15H2,1-2H3,(H,21,22)/t16-,17-,18+/m1/s1. The molecule has 2 nitrogen and oxygen atoms in total. The van der Waals surface area contributed by atoms with E-state index in [1.54, 1.807) is 0 Å². The van der Waals surface area contributed by atoms with Crippen LogP contribution in [0, 0.1) is 11.8 Å². The zero-order chi connectivity index (χ0) is 16.3. The number of hydrogen-bond acceptors (Lipinski definition) is 1. The second kappa shape index (κ2) is 7.03. The highest BCUT2D eigenvalue weighted by Crippen LogP contribution is 2.42. The Morgan fingerprint density at radius 1 is 0.826 bits per heavy atom. The molecular formula is C20H26NOP. The molecule has 2 aromatic carbocycles. The summed E-state index contributed by atoms with van der Waals surface area (Å²) in [5.41, 5.74) is 0. The van der Waals surface area contributed by atoms with E-state index in [1.165, 1.54) is 6.42 Å². The van der Waals surface area contributed by atoms with Crippen molar-refractivity contribution in [2.24, 2.45) is 11.8 Å². The molecular weight excluding hydrogens is 301 g/mol. The molecule has 23 heavy (non-hydrogen) atoms. The lowest BCUT2D eigenvalue weighted by Gasteiger charge is -2.35. The highest BCUT2D eigenvalue weighted by molar-refractivity contribution is 7.76. The minimum Gasteiger partial charge on any atom is -0.297 e. The fraction of sp³-hybridized carbons (Fsp3) is 0.400. The average Bonchev–Trinajstić information content (AvgIpc) is 2.60. The predicted octanol–water partition coefficient (Wildman–Crippen LogP) is 4.33. The fourth-order valence-electron chi connectivity index (χ4n) is 3.50. The van der Waals surface area contributed by atoms with Crippen LogP contribution in [0.15, 0.2) is 60.7 Å². The molecule has 0 saturated heterocycles. The average molecular weight is 327 g/mol. The van der Waals surface area contributed by atoms with E-state index in [-0.39, 0.29) is 0 Å². The van der Waals surface area contributed by atoms with Gasteiger partial charge in [0.15, 0.2) is 0 Å². The number of benzene rings is 2. The maximum Gasteiger partial charge on any atom is 0.204 e. The molecule has 0 spiro atoms. The highest BCUT2D eigenvalue weighted by atomic mass is 31.2. The van der Waals surface area contributed by atoms with Gasteiger partial charge in [0.2, 0.25) is 7.29 Å². The number of rotatable bonds is 4. The topological polar surface area (TPSA) is 29.1 Å². The minimum atomic E-state index is -2.79. The van der Waals surface area contributed by atoms with E-state index in [1.807, 2.05) is 60.7 Å². The van der Waals surface area contributed by atoms with E-state index in [0.717, 1.165) is 29.4 Å². The summed E-state index contributed by atoms with van der Waals surface area (Å²) in [5.74, 6) is 1.45. The molecule has 0 bridgehead atoms. The molecule has 0 aliphatic heterocycles. The van der Waals surface area contributed by atoms with Gasteiger partial charge in [0.05, 0.1) is 0 Å². The zero-order valence-corrected chi connectivity index (χ0v) is 14.9. The molecule has 3 rings (SSSR count). The molecule has 0 amide bonds. The second-order valence-electron chi connectivity index (χ2n) is 6.87. The van der Waals surface area contributed by atoms with Crippen molar-refractivity contribution < 1.29 is 4.57 Å². The van der Waals surface area contributed by atoms with Gasteiger partial charge in [-0.05, 0) is 55.4 Å². The van der Waals surface area contributed by atoms with E-state index in [4.69, 9.17) is 0 Å². The van der Waals surface area contributed by atoms with Crippen LogP contribution >= 0.6 is 7.29 Å². The zero-order valence-electron chi connectivity index (χ0n) is 14.0. The van der Waals surface area contributed by atoms with Crippen molar-refractivity contribution in [1.82, 2.24) is 5.09 Å². The Hall–Kier alpha value is -1.37. The Labute approximate surface area is 139 Å². The second-order valence-corrected chi connectivity index (χ2v) is 9.38. The van der Waals surface area contributed by atoms with Crippen molar-refractivity contribution >= 4 is 17.9 Å². The van der Waals surface area contributed by atoms with Gasteiger partial charge in [-0.1, -0.05) is 50.2 Å². The third-order valence-corrected chi connectivity index (χ3v) is 7.98. The molecule has 3 atom stereocenters. The van der Waals surface area contributed by atoms with Gasteiger partial charge in [-0.25, -0.2) is 0 Å². The largest absolute Gasteiger partial charge is 0.297 e. The van der Waals surface area contributed by atoms with Crippen molar-refractivity contribution in [1.29, 1.82) is 0 Å². The van der Waals surface area contributed by atoms with Crippen LogP contribution in [0.25, 0.3) is 0 Å². The summed E-state index contributed by atoms with van der Waals surface area (Å²) in [5, 5.41) is 5.37. The summed E-state index contributed by atoms with van der Waals surface area (Å²) in [7, 11) is -2.79. The lowest BCUT2D eigenvalue weighted by Crippen LogP contribution is -2.39. The summed E-state index contributed by atoms with van der Waals surface area (Å²) >= 11 is 0. The molecule has 0 aromatic heterocycles. The SMILES string of the molecule is C[C@@H]1CC[C@H](NP(=O)(c2ccccc2)c2ccccc2)C[C@H]1C. The first-order chi connectivity index (χ1) is 11.1. The van der Waals surface area contributed by atoms with Crippen LogP contribution < -0.4 is 15.7 Å². The molecule has 0 radical (unpaired) electrons. The number of nitrogens with one attached hydrogen (secondary N) is 1. The summed E-state index contributed by atoms with van der Waals surface area (Å²) in [4.78, 5) is 0. The van der Waals surface area contributed by atoms with E-state index in [0.29, 0.717) is 12.0 Å². The third-order valence-electron chi connectivity index (χ3n) is 5.20. The lowest BCUT2D eigenvalue weighted by molar-refractivity contribution is 0.242. The Kier molecular flexibility index (Phi) is 5.04. The van der Waals surface area contributed by atoms with Gasteiger partial charge in [-0.2, -0.15) is 0 Å². The Balaban J connectivity index is 1.92. The molecule has 2 aromatic rings. The molecule has 0 unspecified atom stereocenters. The van der Waals surface area contributed by atoms with Crippen LogP contribution in [0.5, 0.6) is 0 Å². The van der Waals surface area contributed by atoms with Crippen LogP contribution in [0.2, 0.25) is 0 Å². The Morgan fingerprint density at radius 3 is 1.83 bits per heavy atom. The summed E-state index contributed by atoms with van der Waals surface area (Å²) < 4.78 is 14.0. The molecule has 1 aliphatic rings. The van der Waals surface area contributed by atoms with Crippen LogP contribution in [-0.4, -0.2) is 6.04 Å². The van der Waals surface area contributed by atoms with E-state index in [9.17, 15) is 4.57 Å². The summed E-state index contributed by atoms with van der Waals surface area (Å²) in [6, 6.07) is 20.1. The van der Waals surface area contributed by atoms with Crippen molar-refractivity contribution in [2.75, 3.05) is 0 Å². The van der Waals surface area contributed by atoms with E-state index >= 15 is 0 Å². The maximum atomic E-state index is 14.0. The van der Waals surface area contributed by atoms with Crippen molar-refractivity contribution in [3.63, 3.8) is 0 Å². The molecule has 0 heterocycles. The van der Waals surface area contributed by atoms with Crippen molar-refractivity contribution in [2.45, 2.75) is 39.2 Å². The lowest BCUT2D eigenvalue weighted by atomic mass is 9.79. The maximum absolute atomic E-state index is 14.0. The van der Waals surface area contributed by atoms with Gasteiger partial charge in [0.1, 0.15) is 0 Å².